The first-order valence-electron chi connectivity index (χ1n) is 5.54. The number of aliphatic hydroxyl groups is 1. The van der Waals surface area contributed by atoms with Gasteiger partial charge < -0.3 is 9.84 Å². The summed E-state index contributed by atoms with van der Waals surface area (Å²) in [6, 6.07) is 10.1. The van der Waals surface area contributed by atoms with Crippen LogP contribution in [0.3, 0.4) is 0 Å². The fourth-order valence-corrected chi connectivity index (χ4v) is 1.79. The Morgan fingerprint density at radius 2 is 1.72 bits per heavy atom. The minimum absolute atomic E-state index is 0.204. The molecule has 0 heterocycles. The van der Waals surface area contributed by atoms with Gasteiger partial charge in [0.05, 0.1) is 7.11 Å². The van der Waals surface area contributed by atoms with Crippen molar-refractivity contribution in [2.75, 3.05) is 7.11 Å². The summed E-state index contributed by atoms with van der Waals surface area (Å²) < 4.78 is 30.6. The van der Waals surface area contributed by atoms with Crippen molar-refractivity contribution >= 4 is 10.8 Å². The SMILES string of the molecule is COc1ccc2cc(C(C)(O)C(F)F)ccc2c1. The molecule has 0 spiro atoms. The van der Waals surface area contributed by atoms with Gasteiger partial charge in [0.1, 0.15) is 11.4 Å². The van der Waals surface area contributed by atoms with Crippen LogP contribution in [0.4, 0.5) is 8.78 Å². The number of methoxy groups -OCH3 is 1. The summed E-state index contributed by atoms with van der Waals surface area (Å²) in [6.45, 7) is 1.11. The van der Waals surface area contributed by atoms with E-state index in [4.69, 9.17) is 4.74 Å². The van der Waals surface area contributed by atoms with Gasteiger partial charge in [0.15, 0.2) is 0 Å². The van der Waals surface area contributed by atoms with Crippen molar-refractivity contribution in [3.8, 4) is 5.75 Å². The monoisotopic (exact) mass is 252 g/mol. The van der Waals surface area contributed by atoms with Gasteiger partial charge in [-0.05, 0) is 41.5 Å². The minimum Gasteiger partial charge on any atom is -0.497 e. The smallest absolute Gasteiger partial charge is 0.270 e. The summed E-state index contributed by atoms with van der Waals surface area (Å²) in [5.74, 6) is 0.705. The largest absolute Gasteiger partial charge is 0.497 e. The average molecular weight is 252 g/mol. The van der Waals surface area contributed by atoms with E-state index < -0.39 is 12.0 Å². The fraction of sp³-hybridized carbons (Fsp3) is 0.286. The highest BCUT2D eigenvalue weighted by atomic mass is 19.3. The Morgan fingerprint density at radius 1 is 1.11 bits per heavy atom. The van der Waals surface area contributed by atoms with Gasteiger partial charge in [0.2, 0.25) is 0 Å². The van der Waals surface area contributed by atoms with Gasteiger partial charge in [0, 0.05) is 0 Å². The first-order chi connectivity index (χ1) is 8.45. The van der Waals surface area contributed by atoms with Crippen LogP contribution in [0.1, 0.15) is 12.5 Å². The normalized spacial score (nSPS) is 14.8. The van der Waals surface area contributed by atoms with Gasteiger partial charge in [-0.2, -0.15) is 0 Å². The Kier molecular flexibility index (Phi) is 3.22. The summed E-state index contributed by atoms with van der Waals surface area (Å²) in [5.41, 5.74) is -1.93. The highest BCUT2D eigenvalue weighted by Gasteiger charge is 2.34. The molecule has 0 aromatic heterocycles. The molecule has 1 atom stereocenters. The predicted molar refractivity (Wildman–Crippen MR) is 66.1 cm³/mol. The molecule has 0 radical (unpaired) electrons. The molecule has 0 saturated carbocycles. The van der Waals surface area contributed by atoms with Crippen LogP contribution in [0.2, 0.25) is 0 Å². The van der Waals surface area contributed by atoms with E-state index in [1.54, 1.807) is 31.4 Å². The van der Waals surface area contributed by atoms with Crippen LogP contribution in [0.25, 0.3) is 10.8 Å². The Hall–Kier alpha value is -1.68. The van der Waals surface area contributed by atoms with Gasteiger partial charge in [-0.1, -0.05) is 18.2 Å². The van der Waals surface area contributed by atoms with E-state index in [0.717, 1.165) is 17.7 Å². The second-order valence-electron chi connectivity index (χ2n) is 4.38. The number of alkyl halides is 2. The molecule has 96 valence electrons. The molecule has 0 aliphatic rings. The Balaban J connectivity index is 2.51. The highest BCUT2D eigenvalue weighted by molar-refractivity contribution is 5.84. The van der Waals surface area contributed by atoms with Gasteiger partial charge in [-0.15, -0.1) is 0 Å². The predicted octanol–water partition coefficient (Wildman–Crippen LogP) is 3.32. The van der Waals surface area contributed by atoms with E-state index in [0.29, 0.717) is 5.75 Å². The molecule has 2 aromatic rings. The van der Waals surface area contributed by atoms with E-state index >= 15 is 0 Å². The van der Waals surface area contributed by atoms with E-state index in [1.165, 1.54) is 6.07 Å². The molecule has 0 fully saturated rings. The Bertz CT molecular complexity index is 565. The maximum atomic E-state index is 12.7. The van der Waals surface area contributed by atoms with Crippen molar-refractivity contribution in [1.82, 2.24) is 0 Å². The molecule has 1 unspecified atom stereocenters. The van der Waals surface area contributed by atoms with Crippen LogP contribution in [0.15, 0.2) is 36.4 Å². The second-order valence-corrected chi connectivity index (χ2v) is 4.38. The second kappa shape index (κ2) is 4.53. The van der Waals surface area contributed by atoms with Crippen LogP contribution in [-0.2, 0) is 5.60 Å². The van der Waals surface area contributed by atoms with E-state index in [1.807, 2.05) is 6.07 Å². The zero-order valence-electron chi connectivity index (χ0n) is 10.2. The number of halogens is 2. The molecule has 2 aromatic carbocycles. The molecule has 0 saturated heterocycles. The van der Waals surface area contributed by atoms with Crippen molar-refractivity contribution < 1.29 is 18.6 Å². The molecule has 1 N–H and O–H groups in total. The van der Waals surface area contributed by atoms with Crippen LogP contribution < -0.4 is 4.74 Å². The van der Waals surface area contributed by atoms with Crippen LogP contribution >= 0.6 is 0 Å². The highest BCUT2D eigenvalue weighted by Crippen LogP contribution is 2.31. The van der Waals surface area contributed by atoms with E-state index in [2.05, 4.69) is 0 Å². The number of fused-ring (bicyclic) bond motifs is 1. The number of rotatable bonds is 3. The quantitative estimate of drug-likeness (QED) is 0.908. The number of ether oxygens (including phenoxy) is 1. The first-order valence-corrected chi connectivity index (χ1v) is 5.54. The van der Waals surface area contributed by atoms with Gasteiger partial charge in [0.25, 0.3) is 6.43 Å². The van der Waals surface area contributed by atoms with Crippen molar-refractivity contribution in [2.24, 2.45) is 0 Å². The molecule has 2 rings (SSSR count). The van der Waals surface area contributed by atoms with Crippen LogP contribution in [-0.4, -0.2) is 18.6 Å². The molecular weight excluding hydrogens is 238 g/mol. The maximum Gasteiger partial charge on any atom is 0.270 e. The summed E-state index contributed by atoms with van der Waals surface area (Å²) in [6.07, 6.45) is -2.83. The zero-order valence-corrected chi connectivity index (χ0v) is 10.2. The third-order valence-corrected chi connectivity index (χ3v) is 3.06. The van der Waals surface area contributed by atoms with Crippen molar-refractivity contribution in [3.05, 3.63) is 42.0 Å². The summed E-state index contributed by atoms with van der Waals surface area (Å²) in [4.78, 5) is 0. The molecule has 2 nitrogen and oxygen atoms in total. The third-order valence-electron chi connectivity index (χ3n) is 3.06. The number of hydrogen-bond donors (Lipinski definition) is 1. The van der Waals surface area contributed by atoms with Gasteiger partial charge in [-0.3, -0.25) is 0 Å². The third kappa shape index (κ3) is 2.16. The molecule has 0 aliphatic carbocycles. The molecule has 4 heteroatoms. The lowest BCUT2D eigenvalue weighted by molar-refractivity contribution is -0.0882. The lowest BCUT2D eigenvalue weighted by Crippen LogP contribution is -2.30. The van der Waals surface area contributed by atoms with Crippen molar-refractivity contribution in [3.63, 3.8) is 0 Å². The fourth-order valence-electron chi connectivity index (χ4n) is 1.79. The molecular formula is C14H14F2O2. The van der Waals surface area contributed by atoms with Gasteiger partial charge >= 0.3 is 0 Å². The first kappa shape index (κ1) is 12.8. The molecule has 0 bridgehead atoms. The maximum absolute atomic E-state index is 12.7. The number of benzene rings is 2. The standard InChI is InChI=1S/C14H14F2O2/c1-14(17,13(15)16)11-5-3-10-8-12(18-2)6-4-9(10)7-11/h3-8,13,17H,1-2H3. The Morgan fingerprint density at radius 3 is 2.33 bits per heavy atom. The van der Waals surface area contributed by atoms with Crippen molar-refractivity contribution in [1.29, 1.82) is 0 Å². The summed E-state index contributed by atoms with van der Waals surface area (Å²) in [5, 5.41) is 11.4. The Labute approximate surface area is 104 Å². The van der Waals surface area contributed by atoms with E-state index in [9.17, 15) is 13.9 Å². The lowest BCUT2D eigenvalue weighted by atomic mass is 9.94. The number of hydrogen-bond acceptors (Lipinski definition) is 2. The zero-order chi connectivity index (χ0) is 13.3. The summed E-state index contributed by atoms with van der Waals surface area (Å²) >= 11 is 0. The van der Waals surface area contributed by atoms with Gasteiger partial charge in [-0.25, -0.2) is 8.78 Å². The lowest BCUT2D eigenvalue weighted by Gasteiger charge is -2.23. The van der Waals surface area contributed by atoms with Crippen molar-refractivity contribution in [2.45, 2.75) is 19.0 Å². The minimum atomic E-state index is -2.83. The topological polar surface area (TPSA) is 29.5 Å². The molecule has 0 aliphatic heterocycles. The van der Waals surface area contributed by atoms with Crippen LogP contribution in [0, 0.1) is 0 Å². The molecule has 18 heavy (non-hydrogen) atoms. The van der Waals surface area contributed by atoms with Crippen LogP contribution in [0.5, 0.6) is 5.75 Å². The average Bonchev–Trinajstić information content (AvgIpc) is 2.37. The van der Waals surface area contributed by atoms with E-state index in [-0.39, 0.29) is 5.56 Å². The molecule has 0 amide bonds. The summed E-state index contributed by atoms with van der Waals surface area (Å²) in [7, 11) is 1.57.